The Morgan fingerprint density at radius 2 is 2.06 bits per heavy atom. The normalized spacial score (nSPS) is 11.6. The van der Waals surface area contributed by atoms with Crippen molar-refractivity contribution in [1.29, 1.82) is 0 Å². The van der Waals surface area contributed by atoms with Crippen LogP contribution in [0.3, 0.4) is 0 Å². The lowest BCUT2D eigenvalue weighted by Crippen LogP contribution is -1.99. The number of nitrogens with zero attached hydrogens (tertiary/aromatic N) is 5. The summed E-state index contributed by atoms with van der Waals surface area (Å²) in [5.74, 6) is 1.25. The summed E-state index contributed by atoms with van der Waals surface area (Å²) in [4.78, 5) is 4.70. The van der Waals surface area contributed by atoms with E-state index in [0.29, 0.717) is 5.92 Å². The number of hydrogen-bond donors (Lipinski definition) is 0. The fourth-order valence-corrected chi connectivity index (χ4v) is 2.16. The first-order valence-corrected chi connectivity index (χ1v) is 5.99. The van der Waals surface area contributed by atoms with Gasteiger partial charge in [0.25, 0.3) is 0 Å². The summed E-state index contributed by atoms with van der Waals surface area (Å²) >= 11 is 0. The molecule has 5 nitrogen and oxygen atoms in total. The van der Waals surface area contributed by atoms with Crippen molar-refractivity contribution in [2.45, 2.75) is 19.8 Å². The van der Waals surface area contributed by atoms with Gasteiger partial charge in [-0.1, -0.05) is 19.1 Å². The molecule has 3 rings (SSSR count). The Morgan fingerprint density at radius 3 is 2.72 bits per heavy atom. The molecular formula is C13H15N5. The first-order chi connectivity index (χ1) is 8.66. The van der Waals surface area contributed by atoms with E-state index >= 15 is 0 Å². The maximum atomic E-state index is 4.70. The lowest BCUT2D eigenvalue weighted by molar-refractivity contribution is 0.783. The van der Waals surface area contributed by atoms with E-state index in [1.165, 1.54) is 5.56 Å². The molecule has 3 aromatic heterocycles. The first kappa shape index (κ1) is 11.0. The van der Waals surface area contributed by atoms with E-state index in [4.69, 9.17) is 4.98 Å². The van der Waals surface area contributed by atoms with Gasteiger partial charge in [0.05, 0.1) is 23.4 Å². The van der Waals surface area contributed by atoms with Gasteiger partial charge in [-0.05, 0) is 23.6 Å². The zero-order chi connectivity index (χ0) is 12.7. The highest BCUT2D eigenvalue weighted by Gasteiger charge is 2.12. The molecule has 0 aliphatic heterocycles. The van der Waals surface area contributed by atoms with E-state index in [0.717, 1.165) is 16.9 Å². The van der Waals surface area contributed by atoms with Gasteiger partial charge in [0.15, 0.2) is 5.82 Å². The highest BCUT2D eigenvalue weighted by molar-refractivity contribution is 5.81. The Kier molecular flexibility index (Phi) is 2.40. The average molecular weight is 241 g/mol. The van der Waals surface area contributed by atoms with Crippen LogP contribution in [-0.2, 0) is 7.05 Å². The van der Waals surface area contributed by atoms with Gasteiger partial charge in [-0.25, -0.2) is 9.67 Å². The van der Waals surface area contributed by atoms with Crippen LogP contribution in [0.5, 0.6) is 0 Å². The van der Waals surface area contributed by atoms with Crippen molar-refractivity contribution in [3.05, 3.63) is 36.3 Å². The van der Waals surface area contributed by atoms with Gasteiger partial charge in [-0.15, -0.1) is 5.10 Å². The highest BCUT2D eigenvalue weighted by Crippen LogP contribution is 2.26. The standard InChI is InChI=1S/C13H15N5/c1-9(2)10-8-17(3)11-4-5-12(15-13(10)11)18-7-6-14-16-18/h4-9H,1-3H3. The molecule has 3 heterocycles. The predicted molar refractivity (Wildman–Crippen MR) is 69.7 cm³/mol. The molecule has 0 amide bonds. The van der Waals surface area contributed by atoms with Crippen LogP contribution in [0.15, 0.2) is 30.7 Å². The van der Waals surface area contributed by atoms with Gasteiger partial charge < -0.3 is 4.57 Å². The topological polar surface area (TPSA) is 48.5 Å². The maximum Gasteiger partial charge on any atom is 0.155 e. The second kappa shape index (κ2) is 3.94. The quantitative estimate of drug-likeness (QED) is 0.691. The molecule has 0 aliphatic carbocycles. The van der Waals surface area contributed by atoms with E-state index in [2.05, 4.69) is 41.0 Å². The fraction of sp³-hybridized carbons (Fsp3) is 0.308. The number of rotatable bonds is 2. The summed E-state index contributed by atoms with van der Waals surface area (Å²) in [6, 6.07) is 4.03. The second-order valence-electron chi connectivity index (χ2n) is 4.73. The molecule has 92 valence electrons. The molecule has 0 N–H and O–H groups in total. The highest BCUT2D eigenvalue weighted by atomic mass is 15.4. The van der Waals surface area contributed by atoms with Gasteiger partial charge in [0, 0.05) is 13.2 Å². The van der Waals surface area contributed by atoms with Crippen molar-refractivity contribution in [1.82, 2.24) is 24.5 Å². The van der Waals surface area contributed by atoms with Crippen molar-refractivity contribution in [3.8, 4) is 5.82 Å². The van der Waals surface area contributed by atoms with Crippen LogP contribution in [0.4, 0.5) is 0 Å². The van der Waals surface area contributed by atoms with Crippen molar-refractivity contribution in [2.24, 2.45) is 7.05 Å². The molecule has 0 radical (unpaired) electrons. The number of aromatic nitrogens is 5. The molecule has 0 unspecified atom stereocenters. The Morgan fingerprint density at radius 1 is 1.22 bits per heavy atom. The molecule has 0 saturated carbocycles. The predicted octanol–water partition coefficient (Wildman–Crippen LogP) is 2.28. The Labute approximate surface area is 105 Å². The molecule has 3 aromatic rings. The lowest BCUT2D eigenvalue weighted by atomic mass is 10.1. The average Bonchev–Trinajstić information content (AvgIpc) is 2.97. The molecule has 0 fully saturated rings. The van der Waals surface area contributed by atoms with Crippen LogP contribution in [-0.4, -0.2) is 24.5 Å². The summed E-state index contributed by atoms with van der Waals surface area (Å²) < 4.78 is 3.79. The van der Waals surface area contributed by atoms with Crippen LogP contribution < -0.4 is 0 Å². The largest absolute Gasteiger partial charge is 0.349 e. The minimum absolute atomic E-state index is 0.451. The van der Waals surface area contributed by atoms with Crippen LogP contribution in [0.25, 0.3) is 16.9 Å². The molecule has 0 atom stereocenters. The SMILES string of the molecule is CC(C)c1cn(C)c2ccc(-n3ccnn3)nc12. The van der Waals surface area contributed by atoms with Crippen LogP contribution in [0, 0.1) is 0 Å². The van der Waals surface area contributed by atoms with Crippen LogP contribution >= 0.6 is 0 Å². The summed E-state index contributed by atoms with van der Waals surface area (Å²) in [5, 5.41) is 7.78. The molecule has 0 aliphatic rings. The molecule has 0 aromatic carbocycles. The van der Waals surface area contributed by atoms with Gasteiger partial charge in [0.1, 0.15) is 0 Å². The van der Waals surface area contributed by atoms with Gasteiger partial charge in [0.2, 0.25) is 0 Å². The summed E-state index contributed by atoms with van der Waals surface area (Å²) in [5.41, 5.74) is 3.44. The number of hydrogen-bond acceptors (Lipinski definition) is 3. The third-order valence-electron chi connectivity index (χ3n) is 3.12. The molecule has 18 heavy (non-hydrogen) atoms. The van der Waals surface area contributed by atoms with Gasteiger partial charge in [-0.3, -0.25) is 0 Å². The van der Waals surface area contributed by atoms with Crippen molar-refractivity contribution < 1.29 is 0 Å². The Bertz CT molecular complexity index is 679. The third-order valence-corrected chi connectivity index (χ3v) is 3.12. The van der Waals surface area contributed by atoms with E-state index in [1.54, 1.807) is 17.1 Å². The zero-order valence-electron chi connectivity index (χ0n) is 10.7. The smallest absolute Gasteiger partial charge is 0.155 e. The zero-order valence-corrected chi connectivity index (χ0v) is 10.7. The fourth-order valence-electron chi connectivity index (χ4n) is 2.16. The number of pyridine rings is 1. The van der Waals surface area contributed by atoms with Gasteiger partial charge >= 0.3 is 0 Å². The molecule has 5 heteroatoms. The maximum absolute atomic E-state index is 4.70. The van der Waals surface area contributed by atoms with E-state index in [9.17, 15) is 0 Å². The second-order valence-corrected chi connectivity index (χ2v) is 4.73. The van der Waals surface area contributed by atoms with Crippen LogP contribution in [0.1, 0.15) is 25.3 Å². The molecule has 0 bridgehead atoms. The van der Waals surface area contributed by atoms with Crippen molar-refractivity contribution >= 4 is 11.0 Å². The third kappa shape index (κ3) is 1.59. The lowest BCUT2D eigenvalue weighted by Gasteiger charge is -2.03. The molecule has 0 spiro atoms. The first-order valence-electron chi connectivity index (χ1n) is 5.99. The van der Waals surface area contributed by atoms with Gasteiger partial charge in [-0.2, -0.15) is 0 Å². The van der Waals surface area contributed by atoms with E-state index < -0.39 is 0 Å². The summed E-state index contributed by atoms with van der Waals surface area (Å²) in [6.07, 6.45) is 5.60. The minimum atomic E-state index is 0.451. The van der Waals surface area contributed by atoms with Crippen LogP contribution in [0.2, 0.25) is 0 Å². The number of aryl methyl sites for hydroxylation is 1. The number of fused-ring (bicyclic) bond motifs is 1. The van der Waals surface area contributed by atoms with Crippen molar-refractivity contribution in [2.75, 3.05) is 0 Å². The minimum Gasteiger partial charge on any atom is -0.349 e. The molecule has 0 saturated heterocycles. The Hall–Kier alpha value is -2.17. The Balaban J connectivity index is 2.25. The molecular weight excluding hydrogens is 226 g/mol. The summed E-state index contributed by atoms with van der Waals surface area (Å²) in [6.45, 7) is 4.36. The van der Waals surface area contributed by atoms with E-state index in [1.807, 2.05) is 13.1 Å². The van der Waals surface area contributed by atoms with Crippen molar-refractivity contribution in [3.63, 3.8) is 0 Å². The van der Waals surface area contributed by atoms with E-state index in [-0.39, 0.29) is 0 Å². The monoisotopic (exact) mass is 241 g/mol. The summed E-state index contributed by atoms with van der Waals surface area (Å²) in [7, 11) is 2.05.